The standard InChI is InChI=1S/C51H39BN2/c1-35(2)36-22-24-40(25-23-36)42-33-49-51-50(34-42)54(44-29-26-39(27-30-44)37-14-6-3-7-15-37)48-31-28-41(38-16-8-4-9-17-38)32-46(48)52(51)45-20-12-13-21-47(45)53(49)43-18-10-5-11-19-43/h3-35H,1-2H3/i3D,4D,6D,7D,8D,9D,14D,15D,16D,17D. The van der Waals surface area contributed by atoms with Crippen LogP contribution < -0.4 is 26.2 Å². The van der Waals surface area contributed by atoms with Crippen molar-refractivity contribution in [2.45, 2.75) is 19.8 Å². The lowest BCUT2D eigenvalue weighted by Gasteiger charge is -2.44. The Morgan fingerprint density at radius 3 is 1.59 bits per heavy atom. The highest BCUT2D eigenvalue weighted by atomic mass is 15.2. The Balaban J connectivity index is 1.28. The van der Waals surface area contributed by atoms with E-state index in [9.17, 15) is 0 Å². The van der Waals surface area contributed by atoms with E-state index in [0.29, 0.717) is 17.0 Å². The second-order valence-corrected chi connectivity index (χ2v) is 14.0. The van der Waals surface area contributed by atoms with Crippen molar-refractivity contribution in [1.82, 2.24) is 0 Å². The van der Waals surface area contributed by atoms with E-state index in [1.54, 1.807) is 12.1 Å². The summed E-state index contributed by atoms with van der Waals surface area (Å²) in [6.45, 7) is 4.00. The number of benzene rings is 8. The first-order valence-corrected chi connectivity index (χ1v) is 18.2. The van der Waals surface area contributed by atoms with Gasteiger partial charge in [-0.15, -0.1) is 0 Å². The molecule has 0 spiro atoms. The van der Waals surface area contributed by atoms with Crippen molar-refractivity contribution in [3.05, 3.63) is 199 Å². The van der Waals surface area contributed by atoms with Gasteiger partial charge < -0.3 is 9.80 Å². The predicted octanol–water partition coefficient (Wildman–Crippen LogP) is 11.9. The highest BCUT2D eigenvalue weighted by Gasteiger charge is 2.43. The third kappa shape index (κ3) is 5.35. The molecule has 10 rings (SSSR count). The Morgan fingerprint density at radius 2 is 0.944 bits per heavy atom. The van der Waals surface area contributed by atoms with Gasteiger partial charge in [-0.3, -0.25) is 0 Å². The molecule has 3 heteroatoms. The molecular weight excluding hydrogens is 651 g/mol. The van der Waals surface area contributed by atoms with Gasteiger partial charge >= 0.3 is 0 Å². The third-order valence-corrected chi connectivity index (χ3v) is 10.6. The van der Waals surface area contributed by atoms with Crippen molar-refractivity contribution in [3.8, 4) is 33.4 Å². The minimum absolute atomic E-state index is 0.110. The summed E-state index contributed by atoms with van der Waals surface area (Å²) in [5, 5.41) is 0. The molecule has 0 N–H and O–H groups in total. The van der Waals surface area contributed by atoms with Crippen LogP contribution >= 0.6 is 0 Å². The fraction of sp³-hybridized carbons (Fsp3) is 0.0588. The van der Waals surface area contributed by atoms with Crippen molar-refractivity contribution in [2.24, 2.45) is 0 Å². The fourth-order valence-electron chi connectivity index (χ4n) is 8.03. The van der Waals surface area contributed by atoms with Gasteiger partial charge in [0, 0.05) is 34.1 Å². The summed E-state index contributed by atoms with van der Waals surface area (Å²) in [7, 11) is 0. The van der Waals surface area contributed by atoms with Crippen LogP contribution in [0.1, 0.15) is 39.0 Å². The summed E-state index contributed by atoms with van der Waals surface area (Å²) < 4.78 is 85.4. The zero-order chi connectivity index (χ0) is 44.9. The number of hydrogen-bond acceptors (Lipinski definition) is 2. The molecule has 2 nitrogen and oxygen atoms in total. The van der Waals surface area contributed by atoms with Crippen molar-refractivity contribution in [2.75, 3.05) is 9.80 Å². The number of fused-ring (bicyclic) bond motifs is 4. The zero-order valence-corrected chi connectivity index (χ0v) is 29.8. The third-order valence-electron chi connectivity index (χ3n) is 10.6. The van der Waals surface area contributed by atoms with E-state index >= 15 is 0 Å². The summed E-state index contributed by atoms with van der Waals surface area (Å²) in [6.07, 6.45) is 0. The molecule has 8 aromatic rings. The normalized spacial score (nSPS) is 15.3. The number of hydrogen-bond donors (Lipinski definition) is 0. The maximum atomic E-state index is 8.93. The molecule has 256 valence electrons. The molecule has 0 unspecified atom stereocenters. The molecular formula is C51H39BN2. The van der Waals surface area contributed by atoms with Crippen LogP contribution in [0, 0.1) is 0 Å². The van der Waals surface area contributed by atoms with Crippen LogP contribution in [0.2, 0.25) is 0 Å². The molecule has 0 bridgehead atoms. The first-order chi connectivity index (χ1) is 30.8. The molecule has 0 saturated carbocycles. The SMILES string of the molecule is [2H]c1c([2H])c([2H])c(-c2ccc(N3c4ccc(-c5c([2H])c([2H])c([2H])c([2H])c5[2H])cc4B4c5ccccc5N(c5ccccc5)c5cc(-c6ccc(C(C)C)cc6)cc3c54)cc2)c([2H])c1[2H]. The first kappa shape index (κ1) is 23.2. The van der Waals surface area contributed by atoms with Crippen molar-refractivity contribution >= 4 is 57.2 Å². The van der Waals surface area contributed by atoms with Gasteiger partial charge in [0.25, 0.3) is 6.71 Å². The second-order valence-electron chi connectivity index (χ2n) is 14.0. The van der Waals surface area contributed by atoms with E-state index in [0.717, 1.165) is 61.6 Å². The van der Waals surface area contributed by atoms with E-state index < -0.39 is 36.3 Å². The molecule has 0 saturated heterocycles. The van der Waals surface area contributed by atoms with Gasteiger partial charge in [0.2, 0.25) is 0 Å². The van der Waals surface area contributed by atoms with Crippen LogP contribution in [0.25, 0.3) is 33.4 Å². The molecule has 8 aromatic carbocycles. The maximum absolute atomic E-state index is 8.93. The summed E-state index contributed by atoms with van der Waals surface area (Å²) in [5.74, 6) is 0.356. The Hall–Kier alpha value is -6.58. The van der Waals surface area contributed by atoms with Crippen molar-refractivity contribution < 1.29 is 13.7 Å². The average Bonchev–Trinajstić information content (AvgIpc) is 3.32. The molecule has 0 aliphatic carbocycles. The topological polar surface area (TPSA) is 6.48 Å². The summed E-state index contributed by atoms with van der Waals surface area (Å²) in [5.41, 5.74) is 12.7. The molecule has 0 aromatic heterocycles. The van der Waals surface area contributed by atoms with E-state index in [-0.39, 0.29) is 42.0 Å². The quantitative estimate of drug-likeness (QED) is 0.159. The lowest BCUT2D eigenvalue weighted by molar-refractivity contribution is 0.867. The van der Waals surface area contributed by atoms with Crippen molar-refractivity contribution in [3.63, 3.8) is 0 Å². The molecule has 0 amide bonds. The van der Waals surface area contributed by atoms with Crippen molar-refractivity contribution in [1.29, 1.82) is 0 Å². The van der Waals surface area contributed by atoms with Gasteiger partial charge in [-0.2, -0.15) is 0 Å². The van der Waals surface area contributed by atoms with Crippen LogP contribution in [-0.2, 0) is 0 Å². The highest BCUT2D eigenvalue weighted by molar-refractivity contribution is 7.00. The van der Waals surface area contributed by atoms with Crippen LogP contribution in [-0.4, -0.2) is 6.71 Å². The van der Waals surface area contributed by atoms with Crippen LogP contribution in [0.5, 0.6) is 0 Å². The van der Waals surface area contributed by atoms with Crippen LogP contribution in [0.15, 0.2) is 194 Å². The molecule has 0 fully saturated rings. The maximum Gasteiger partial charge on any atom is 0.252 e. The van der Waals surface area contributed by atoms with Gasteiger partial charge in [0.05, 0.1) is 13.7 Å². The molecule has 2 aliphatic heterocycles. The second kappa shape index (κ2) is 13.1. The summed E-state index contributed by atoms with van der Waals surface area (Å²) in [6, 6.07) is 41.1. The largest absolute Gasteiger partial charge is 0.311 e. The first-order valence-electron chi connectivity index (χ1n) is 23.2. The minimum Gasteiger partial charge on any atom is -0.311 e. The lowest BCUT2D eigenvalue weighted by atomic mass is 9.33. The van der Waals surface area contributed by atoms with E-state index in [2.05, 4.69) is 84.3 Å². The van der Waals surface area contributed by atoms with Gasteiger partial charge in [-0.1, -0.05) is 159 Å². The molecule has 0 atom stereocenters. The molecule has 2 aliphatic rings. The Labute approximate surface area is 332 Å². The number of nitrogens with zero attached hydrogens (tertiary/aromatic N) is 2. The van der Waals surface area contributed by atoms with Crippen LogP contribution in [0.4, 0.5) is 34.1 Å². The average molecular weight is 701 g/mol. The van der Waals surface area contributed by atoms with E-state index in [4.69, 9.17) is 13.7 Å². The lowest BCUT2D eigenvalue weighted by Crippen LogP contribution is -2.61. The van der Waals surface area contributed by atoms with Gasteiger partial charge in [-0.05, 0) is 110 Å². The predicted molar refractivity (Wildman–Crippen MR) is 231 cm³/mol. The Kier molecular flexibility index (Phi) is 5.63. The van der Waals surface area contributed by atoms with Gasteiger partial charge in [0.15, 0.2) is 0 Å². The minimum atomic E-state index is -0.453. The number of anilines is 6. The fourth-order valence-corrected chi connectivity index (χ4v) is 8.03. The van der Waals surface area contributed by atoms with Gasteiger partial charge in [-0.25, -0.2) is 0 Å². The molecule has 0 radical (unpaired) electrons. The zero-order valence-electron chi connectivity index (χ0n) is 39.8. The number of para-hydroxylation sites is 2. The van der Waals surface area contributed by atoms with Gasteiger partial charge in [0.1, 0.15) is 0 Å². The molecule has 2 heterocycles. The monoisotopic (exact) mass is 700 g/mol. The molecule has 54 heavy (non-hydrogen) atoms. The summed E-state index contributed by atoms with van der Waals surface area (Å²) >= 11 is 0. The van der Waals surface area contributed by atoms with Crippen LogP contribution in [0.3, 0.4) is 0 Å². The Bertz CT molecular complexity index is 3150. The summed E-state index contributed by atoms with van der Waals surface area (Å²) in [4.78, 5) is 4.46. The van der Waals surface area contributed by atoms with E-state index in [1.165, 1.54) is 5.56 Å². The van der Waals surface area contributed by atoms with E-state index in [1.807, 2.05) is 60.7 Å². The highest BCUT2D eigenvalue weighted by Crippen LogP contribution is 2.46. The number of rotatable bonds is 6. The Morgan fingerprint density at radius 1 is 0.426 bits per heavy atom. The smallest absolute Gasteiger partial charge is 0.252 e.